The molecule has 2 aliphatic heterocycles. The fourth-order valence-corrected chi connectivity index (χ4v) is 3.10. The van der Waals surface area contributed by atoms with Crippen LogP contribution in [0.15, 0.2) is 12.2 Å². The second kappa shape index (κ2) is 5.45. The van der Waals surface area contributed by atoms with E-state index in [0.29, 0.717) is 12.2 Å². The van der Waals surface area contributed by atoms with Gasteiger partial charge in [0, 0.05) is 23.0 Å². The van der Waals surface area contributed by atoms with Crippen LogP contribution in [0.25, 0.3) is 0 Å². The quantitative estimate of drug-likeness (QED) is 0.471. The molecule has 0 saturated carbocycles. The van der Waals surface area contributed by atoms with Crippen molar-refractivity contribution in [1.29, 1.82) is 0 Å². The zero-order chi connectivity index (χ0) is 9.80. The maximum absolute atomic E-state index is 5.14. The smallest absolute Gasteiger partial charge is 0.0900 e. The Morgan fingerprint density at radius 3 is 1.86 bits per heavy atom. The van der Waals surface area contributed by atoms with Gasteiger partial charge >= 0.3 is 0 Å². The Hall–Kier alpha value is 0.360. The number of hydrogen-bond acceptors (Lipinski definition) is 4. The highest BCUT2D eigenvalue weighted by Gasteiger charge is 2.22. The van der Waals surface area contributed by atoms with Gasteiger partial charge in [0.1, 0.15) is 0 Å². The first-order valence-corrected chi connectivity index (χ1v) is 7.21. The molecule has 2 fully saturated rings. The van der Waals surface area contributed by atoms with Gasteiger partial charge in [-0.2, -0.15) is 23.5 Å². The molecule has 0 radical (unpaired) electrons. The van der Waals surface area contributed by atoms with E-state index < -0.39 is 0 Å². The third-order valence-electron chi connectivity index (χ3n) is 2.02. The first kappa shape index (κ1) is 10.9. The van der Waals surface area contributed by atoms with Crippen molar-refractivity contribution >= 4 is 23.5 Å². The number of ether oxygens (including phenoxy) is 2. The van der Waals surface area contributed by atoms with Gasteiger partial charge in [0.15, 0.2) is 0 Å². The van der Waals surface area contributed by atoms with Gasteiger partial charge in [-0.3, -0.25) is 0 Å². The molecule has 0 aromatic rings. The van der Waals surface area contributed by atoms with Crippen molar-refractivity contribution in [2.75, 3.05) is 36.2 Å². The number of hydrogen-bond donors (Lipinski definition) is 0. The zero-order valence-electron chi connectivity index (χ0n) is 8.24. The highest BCUT2D eigenvalue weighted by atomic mass is 32.2. The fraction of sp³-hybridized carbons (Fsp3) is 0.800. The van der Waals surface area contributed by atoms with Gasteiger partial charge in [0.05, 0.1) is 25.4 Å². The van der Waals surface area contributed by atoms with E-state index in [1.807, 2.05) is 23.5 Å². The average molecular weight is 232 g/mol. The summed E-state index contributed by atoms with van der Waals surface area (Å²) >= 11 is 3.87. The Morgan fingerprint density at radius 1 is 1.07 bits per heavy atom. The summed E-state index contributed by atoms with van der Waals surface area (Å²) in [6.45, 7) is 6.00. The molecule has 2 nitrogen and oxygen atoms in total. The van der Waals surface area contributed by atoms with Crippen molar-refractivity contribution in [3.05, 3.63) is 12.2 Å². The molecule has 2 heterocycles. The van der Waals surface area contributed by atoms with E-state index in [9.17, 15) is 0 Å². The lowest BCUT2D eigenvalue weighted by molar-refractivity contribution is 0.426. The second-order valence-corrected chi connectivity index (χ2v) is 5.75. The zero-order valence-corrected chi connectivity index (χ0v) is 9.87. The Morgan fingerprint density at radius 2 is 1.50 bits per heavy atom. The van der Waals surface area contributed by atoms with E-state index >= 15 is 0 Å². The number of thioether (sulfide) groups is 2. The van der Waals surface area contributed by atoms with Crippen LogP contribution in [0.2, 0.25) is 0 Å². The fourth-order valence-electron chi connectivity index (χ4n) is 1.04. The van der Waals surface area contributed by atoms with Crippen molar-refractivity contribution in [3.63, 3.8) is 0 Å². The molecule has 2 aliphatic rings. The van der Waals surface area contributed by atoms with Crippen LogP contribution in [0.3, 0.4) is 0 Å². The monoisotopic (exact) mass is 232 g/mol. The summed E-state index contributed by atoms with van der Waals surface area (Å²) in [6.07, 6.45) is 1.08. The Balaban J connectivity index is 1.40. The molecule has 0 spiro atoms. The van der Waals surface area contributed by atoms with Crippen LogP contribution >= 0.6 is 23.5 Å². The molecule has 2 saturated heterocycles. The largest absolute Gasteiger partial charge is 0.372 e. The molecule has 14 heavy (non-hydrogen) atoms. The maximum Gasteiger partial charge on any atom is 0.0900 e. The van der Waals surface area contributed by atoms with Gasteiger partial charge in [-0.15, -0.1) is 0 Å². The second-order valence-electron chi connectivity index (χ2n) is 3.69. The van der Waals surface area contributed by atoms with Crippen LogP contribution in [-0.2, 0) is 9.47 Å². The third-order valence-corrected chi connectivity index (χ3v) is 4.46. The topological polar surface area (TPSA) is 25.1 Å². The molecule has 4 heteroatoms. The Kier molecular flexibility index (Phi) is 4.23. The molecule has 0 aromatic heterocycles. The average Bonchev–Trinajstić information content (AvgIpc) is 2.99. The Labute approximate surface area is 93.8 Å². The van der Waals surface area contributed by atoms with E-state index in [-0.39, 0.29) is 0 Å². The predicted molar refractivity (Wildman–Crippen MR) is 63.3 cm³/mol. The minimum Gasteiger partial charge on any atom is -0.372 e. The minimum absolute atomic E-state index is 0.542. The number of epoxide rings is 2. The summed E-state index contributed by atoms with van der Waals surface area (Å²) in [5.41, 5.74) is 1.33. The summed E-state index contributed by atoms with van der Waals surface area (Å²) in [5.74, 6) is 4.43. The lowest BCUT2D eigenvalue weighted by atomic mass is 10.4. The first-order chi connectivity index (χ1) is 6.84. The molecule has 0 N–H and O–H groups in total. The van der Waals surface area contributed by atoms with Gasteiger partial charge in [-0.1, -0.05) is 12.2 Å². The van der Waals surface area contributed by atoms with Crippen LogP contribution in [-0.4, -0.2) is 48.4 Å². The summed E-state index contributed by atoms with van der Waals surface area (Å²) in [6, 6.07) is 0. The highest BCUT2D eigenvalue weighted by molar-refractivity contribution is 8.00. The van der Waals surface area contributed by atoms with E-state index in [1.54, 1.807) is 0 Å². The lowest BCUT2D eigenvalue weighted by Gasteiger charge is -2.03. The highest BCUT2D eigenvalue weighted by Crippen LogP contribution is 2.21. The van der Waals surface area contributed by atoms with Gasteiger partial charge in [-0.25, -0.2) is 0 Å². The van der Waals surface area contributed by atoms with Crippen molar-refractivity contribution in [3.8, 4) is 0 Å². The SMILES string of the molecule is C=C(CSC[C@H]1CO1)CSC[C@@H]1CO1. The number of rotatable bonds is 8. The molecule has 2 rings (SSSR count). The Bertz CT molecular complexity index is 180. The summed E-state index contributed by atoms with van der Waals surface area (Å²) < 4.78 is 10.3. The normalized spacial score (nSPS) is 28.9. The van der Waals surface area contributed by atoms with Gasteiger partial charge < -0.3 is 9.47 Å². The van der Waals surface area contributed by atoms with Crippen LogP contribution in [0.4, 0.5) is 0 Å². The summed E-state index contributed by atoms with van der Waals surface area (Å²) in [7, 11) is 0. The van der Waals surface area contributed by atoms with Crippen molar-refractivity contribution in [1.82, 2.24) is 0 Å². The first-order valence-electron chi connectivity index (χ1n) is 4.90. The van der Waals surface area contributed by atoms with Gasteiger partial charge in [0.25, 0.3) is 0 Å². The summed E-state index contributed by atoms with van der Waals surface area (Å²) in [4.78, 5) is 0. The molecular weight excluding hydrogens is 216 g/mol. The van der Waals surface area contributed by atoms with Crippen LogP contribution in [0, 0.1) is 0 Å². The van der Waals surface area contributed by atoms with Crippen molar-refractivity contribution in [2.24, 2.45) is 0 Å². The molecule has 0 aromatic carbocycles. The van der Waals surface area contributed by atoms with Crippen molar-refractivity contribution < 1.29 is 9.47 Å². The van der Waals surface area contributed by atoms with Gasteiger partial charge in [0.2, 0.25) is 0 Å². The van der Waals surface area contributed by atoms with E-state index in [0.717, 1.165) is 36.2 Å². The molecule has 0 amide bonds. The molecule has 0 unspecified atom stereocenters. The van der Waals surface area contributed by atoms with Crippen LogP contribution in [0.1, 0.15) is 0 Å². The molecule has 80 valence electrons. The molecule has 2 atom stereocenters. The van der Waals surface area contributed by atoms with E-state index in [4.69, 9.17) is 9.47 Å². The lowest BCUT2D eigenvalue weighted by Crippen LogP contribution is -1.97. The molecule has 0 aliphatic carbocycles. The van der Waals surface area contributed by atoms with E-state index in [2.05, 4.69) is 6.58 Å². The minimum atomic E-state index is 0.542. The van der Waals surface area contributed by atoms with Crippen LogP contribution in [0.5, 0.6) is 0 Å². The third kappa shape index (κ3) is 4.73. The maximum atomic E-state index is 5.14. The van der Waals surface area contributed by atoms with Gasteiger partial charge in [-0.05, 0) is 0 Å². The predicted octanol–water partition coefficient (Wildman–Crippen LogP) is 1.81. The van der Waals surface area contributed by atoms with Crippen LogP contribution < -0.4 is 0 Å². The van der Waals surface area contributed by atoms with E-state index in [1.165, 1.54) is 5.57 Å². The molecule has 0 bridgehead atoms. The van der Waals surface area contributed by atoms with Crippen molar-refractivity contribution in [2.45, 2.75) is 12.2 Å². The standard InChI is InChI=1S/C10H16O2S2/c1-8(4-13-6-9-2-11-9)5-14-7-10-3-12-10/h9-10H,1-7H2/t9-,10+. The molecular formula is C10H16O2S2. The summed E-state index contributed by atoms with van der Waals surface area (Å²) in [5, 5.41) is 0.